The summed E-state index contributed by atoms with van der Waals surface area (Å²) in [6, 6.07) is 17.0. The van der Waals surface area contributed by atoms with Gasteiger partial charge in [-0.3, -0.25) is 4.79 Å². The zero-order valence-electron chi connectivity index (χ0n) is 10.3. The minimum atomic E-state index is -0.430. The number of hydrogen-bond donors (Lipinski definition) is 2. The van der Waals surface area contributed by atoms with Gasteiger partial charge in [0, 0.05) is 16.6 Å². The van der Waals surface area contributed by atoms with Gasteiger partial charge in [0.25, 0.3) is 0 Å². The maximum absolute atomic E-state index is 11.6. The zero-order chi connectivity index (χ0) is 13.7. The highest BCUT2D eigenvalue weighted by molar-refractivity contribution is 9.10. The largest absolute Gasteiger partial charge is 0.373 e. The van der Waals surface area contributed by atoms with Crippen molar-refractivity contribution >= 4 is 27.5 Å². The van der Waals surface area contributed by atoms with E-state index in [1.54, 1.807) is 0 Å². The molecule has 0 aliphatic heterocycles. The summed E-state index contributed by atoms with van der Waals surface area (Å²) in [5, 5.41) is 3.17. The lowest BCUT2D eigenvalue weighted by atomic mass is 10.1. The molecule has 0 spiro atoms. The summed E-state index contributed by atoms with van der Waals surface area (Å²) in [4.78, 5) is 11.6. The molecule has 0 aliphatic carbocycles. The Kier molecular flexibility index (Phi) is 4.58. The van der Waals surface area contributed by atoms with Gasteiger partial charge in [-0.25, -0.2) is 0 Å². The molecule has 0 fully saturated rings. The Bertz CT molecular complexity index is 557. The number of carbonyl (C=O) groups is 1. The van der Waals surface area contributed by atoms with Crippen molar-refractivity contribution in [2.75, 3.05) is 5.32 Å². The average Bonchev–Trinajstić information content (AvgIpc) is 2.41. The molecule has 0 aromatic heterocycles. The van der Waals surface area contributed by atoms with Crippen LogP contribution in [0.1, 0.15) is 5.56 Å². The average molecular weight is 319 g/mol. The van der Waals surface area contributed by atoms with Crippen molar-refractivity contribution < 1.29 is 4.79 Å². The number of anilines is 1. The molecule has 1 amide bonds. The van der Waals surface area contributed by atoms with E-state index in [9.17, 15) is 4.79 Å². The topological polar surface area (TPSA) is 55.1 Å². The Hall–Kier alpha value is -1.81. The third-order valence-corrected chi connectivity index (χ3v) is 3.52. The van der Waals surface area contributed by atoms with Gasteiger partial charge >= 0.3 is 0 Å². The molecule has 2 aromatic rings. The maximum atomic E-state index is 11.6. The van der Waals surface area contributed by atoms with Gasteiger partial charge in [-0.15, -0.1) is 0 Å². The van der Waals surface area contributed by atoms with Crippen molar-refractivity contribution in [3.63, 3.8) is 0 Å². The molecule has 98 valence electrons. The van der Waals surface area contributed by atoms with Crippen LogP contribution >= 0.6 is 15.9 Å². The van der Waals surface area contributed by atoms with Crippen molar-refractivity contribution in [1.82, 2.24) is 0 Å². The number of rotatable bonds is 5. The molecule has 2 rings (SSSR count). The summed E-state index contributed by atoms with van der Waals surface area (Å²) in [5.74, 6) is -0.361. The molecule has 0 aliphatic rings. The molecular formula is C15H15BrN2O. The molecule has 2 aromatic carbocycles. The predicted molar refractivity (Wildman–Crippen MR) is 80.9 cm³/mol. The number of nitrogens with one attached hydrogen (secondary N) is 1. The SMILES string of the molecule is NC(=O)C(Cc1ccccc1)Nc1ccccc1Br. The van der Waals surface area contributed by atoms with Crippen LogP contribution in [0, 0.1) is 0 Å². The molecule has 0 radical (unpaired) electrons. The van der Waals surface area contributed by atoms with Crippen LogP contribution in [-0.4, -0.2) is 11.9 Å². The summed E-state index contributed by atoms with van der Waals surface area (Å²) in [5.41, 5.74) is 7.40. The first-order chi connectivity index (χ1) is 9.16. The number of carbonyl (C=O) groups excluding carboxylic acids is 1. The predicted octanol–water partition coefficient (Wildman–Crippen LogP) is 2.96. The van der Waals surface area contributed by atoms with E-state index < -0.39 is 6.04 Å². The third kappa shape index (κ3) is 3.83. The van der Waals surface area contributed by atoms with E-state index in [1.165, 1.54) is 0 Å². The van der Waals surface area contributed by atoms with E-state index in [1.807, 2.05) is 54.6 Å². The summed E-state index contributed by atoms with van der Waals surface area (Å²) in [6.45, 7) is 0. The van der Waals surface area contributed by atoms with Gasteiger partial charge in [-0.2, -0.15) is 0 Å². The van der Waals surface area contributed by atoms with Crippen molar-refractivity contribution in [2.45, 2.75) is 12.5 Å². The Balaban J connectivity index is 2.13. The smallest absolute Gasteiger partial charge is 0.240 e. The van der Waals surface area contributed by atoms with Crippen molar-refractivity contribution in [3.05, 3.63) is 64.6 Å². The van der Waals surface area contributed by atoms with Gasteiger partial charge in [0.2, 0.25) is 5.91 Å². The molecule has 1 atom stereocenters. The van der Waals surface area contributed by atoms with Crippen LogP contribution in [0.5, 0.6) is 0 Å². The molecule has 0 saturated carbocycles. The number of benzene rings is 2. The number of primary amides is 1. The molecule has 3 nitrogen and oxygen atoms in total. The second-order valence-corrected chi connectivity index (χ2v) is 5.12. The summed E-state index contributed by atoms with van der Waals surface area (Å²) in [7, 11) is 0. The van der Waals surface area contributed by atoms with Crippen LogP contribution in [0.3, 0.4) is 0 Å². The number of hydrogen-bond acceptors (Lipinski definition) is 2. The van der Waals surface area contributed by atoms with Crippen molar-refractivity contribution in [3.8, 4) is 0 Å². The van der Waals surface area contributed by atoms with Crippen LogP contribution < -0.4 is 11.1 Å². The van der Waals surface area contributed by atoms with Crippen molar-refractivity contribution in [1.29, 1.82) is 0 Å². The van der Waals surface area contributed by atoms with E-state index in [0.29, 0.717) is 6.42 Å². The standard InChI is InChI=1S/C15H15BrN2O/c16-12-8-4-5-9-13(12)18-14(15(17)19)10-11-6-2-1-3-7-11/h1-9,14,18H,10H2,(H2,17,19). The molecule has 0 bridgehead atoms. The fourth-order valence-corrected chi connectivity index (χ4v) is 2.24. The van der Waals surface area contributed by atoms with Crippen LogP contribution in [0.25, 0.3) is 0 Å². The molecular weight excluding hydrogens is 304 g/mol. The fourth-order valence-electron chi connectivity index (χ4n) is 1.84. The van der Waals surface area contributed by atoms with E-state index in [0.717, 1.165) is 15.7 Å². The Morgan fingerprint density at radius 2 is 1.74 bits per heavy atom. The lowest BCUT2D eigenvalue weighted by molar-refractivity contribution is -0.118. The Morgan fingerprint density at radius 3 is 2.37 bits per heavy atom. The third-order valence-electron chi connectivity index (χ3n) is 2.83. The zero-order valence-corrected chi connectivity index (χ0v) is 11.9. The lowest BCUT2D eigenvalue weighted by Gasteiger charge is -2.17. The normalized spacial score (nSPS) is 11.8. The van der Waals surface area contributed by atoms with Crippen LogP contribution in [0.15, 0.2) is 59.1 Å². The summed E-state index contributed by atoms with van der Waals surface area (Å²) in [6.07, 6.45) is 0.567. The molecule has 0 saturated heterocycles. The van der Waals surface area contributed by atoms with Crippen molar-refractivity contribution in [2.24, 2.45) is 5.73 Å². The van der Waals surface area contributed by atoms with Gasteiger partial charge in [0.1, 0.15) is 6.04 Å². The van der Waals surface area contributed by atoms with Crippen LogP contribution in [0.2, 0.25) is 0 Å². The first-order valence-electron chi connectivity index (χ1n) is 6.01. The monoisotopic (exact) mass is 318 g/mol. The number of nitrogens with two attached hydrogens (primary N) is 1. The van der Waals surface area contributed by atoms with Gasteiger partial charge in [-0.05, 0) is 33.6 Å². The first-order valence-corrected chi connectivity index (χ1v) is 6.80. The van der Waals surface area contributed by atoms with E-state index in [2.05, 4.69) is 21.2 Å². The molecule has 1 unspecified atom stereocenters. The summed E-state index contributed by atoms with van der Waals surface area (Å²) >= 11 is 3.44. The molecule has 19 heavy (non-hydrogen) atoms. The number of halogens is 1. The number of para-hydroxylation sites is 1. The van der Waals surface area contributed by atoms with Gasteiger partial charge in [0.15, 0.2) is 0 Å². The Morgan fingerprint density at radius 1 is 1.11 bits per heavy atom. The maximum Gasteiger partial charge on any atom is 0.240 e. The molecule has 4 heteroatoms. The van der Waals surface area contributed by atoms with Crippen LogP contribution in [-0.2, 0) is 11.2 Å². The quantitative estimate of drug-likeness (QED) is 0.890. The lowest BCUT2D eigenvalue weighted by Crippen LogP contribution is -2.37. The highest BCUT2D eigenvalue weighted by Gasteiger charge is 2.16. The highest BCUT2D eigenvalue weighted by atomic mass is 79.9. The number of amides is 1. The fraction of sp³-hybridized carbons (Fsp3) is 0.133. The second-order valence-electron chi connectivity index (χ2n) is 4.27. The van der Waals surface area contributed by atoms with E-state index >= 15 is 0 Å². The first kappa shape index (κ1) is 13.6. The Labute approximate surface area is 121 Å². The van der Waals surface area contributed by atoms with E-state index in [4.69, 9.17) is 5.73 Å². The summed E-state index contributed by atoms with van der Waals surface area (Å²) < 4.78 is 0.911. The van der Waals surface area contributed by atoms with Gasteiger partial charge in [-0.1, -0.05) is 42.5 Å². The molecule has 0 heterocycles. The van der Waals surface area contributed by atoms with Gasteiger partial charge < -0.3 is 11.1 Å². The van der Waals surface area contributed by atoms with Gasteiger partial charge in [0.05, 0.1) is 0 Å². The van der Waals surface area contributed by atoms with E-state index in [-0.39, 0.29) is 5.91 Å². The molecule has 3 N–H and O–H groups in total. The second kappa shape index (κ2) is 6.38. The minimum absolute atomic E-state index is 0.361. The minimum Gasteiger partial charge on any atom is -0.373 e. The van der Waals surface area contributed by atoms with Crippen LogP contribution in [0.4, 0.5) is 5.69 Å². The highest BCUT2D eigenvalue weighted by Crippen LogP contribution is 2.22.